The largest absolute Gasteiger partial charge is 0.319 e. The van der Waals surface area contributed by atoms with Crippen molar-refractivity contribution in [2.75, 3.05) is 0 Å². The molecule has 4 heteroatoms. The Hall–Kier alpha value is -0.160. The summed E-state index contributed by atoms with van der Waals surface area (Å²) in [4.78, 5) is 5.44. The number of halogens is 1. The highest BCUT2D eigenvalue weighted by atomic mass is 79.9. The Balaban J connectivity index is 1.92. The van der Waals surface area contributed by atoms with Gasteiger partial charge in [-0.2, -0.15) is 0 Å². The molecule has 2 heterocycles. The summed E-state index contributed by atoms with van der Waals surface area (Å²) in [6.07, 6.45) is 3.81. The van der Waals surface area contributed by atoms with Crippen molar-refractivity contribution in [3.63, 3.8) is 0 Å². The number of hydrogen-bond donors (Lipinski definition) is 1. The maximum Gasteiger partial charge on any atom is 0.0740 e. The Labute approximate surface area is 118 Å². The van der Waals surface area contributed by atoms with Crippen LogP contribution in [-0.2, 0) is 12.8 Å². The number of rotatable bonds is 2. The first-order valence-corrected chi connectivity index (χ1v) is 8.20. The van der Waals surface area contributed by atoms with Gasteiger partial charge < -0.3 is 5.73 Å². The van der Waals surface area contributed by atoms with Crippen LogP contribution in [-0.4, -0.2) is 0 Å². The molecule has 0 aliphatic heterocycles. The van der Waals surface area contributed by atoms with Crippen LogP contribution in [0.2, 0.25) is 0 Å². The Bertz CT molecular complexity index is 515. The van der Waals surface area contributed by atoms with Crippen LogP contribution in [0.1, 0.15) is 37.5 Å². The molecule has 1 atom stereocenters. The maximum absolute atomic E-state index is 6.36. The Morgan fingerprint density at radius 1 is 1.24 bits per heavy atom. The predicted octanol–water partition coefficient (Wildman–Crippen LogP) is 4.42. The van der Waals surface area contributed by atoms with Crippen molar-refractivity contribution in [3.05, 3.63) is 41.7 Å². The van der Waals surface area contributed by atoms with Gasteiger partial charge in [0.05, 0.1) is 6.04 Å². The van der Waals surface area contributed by atoms with E-state index in [9.17, 15) is 0 Å². The molecule has 3 rings (SSSR count). The molecule has 0 spiro atoms. The van der Waals surface area contributed by atoms with E-state index in [1.807, 2.05) is 11.3 Å². The lowest BCUT2D eigenvalue weighted by Crippen LogP contribution is -2.08. The minimum Gasteiger partial charge on any atom is -0.319 e. The molecule has 1 aliphatic carbocycles. The van der Waals surface area contributed by atoms with E-state index in [2.05, 4.69) is 35.0 Å². The maximum atomic E-state index is 6.36. The van der Waals surface area contributed by atoms with Crippen molar-refractivity contribution in [3.8, 4) is 0 Å². The van der Waals surface area contributed by atoms with Crippen molar-refractivity contribution < 1.29 is 0 Å². The molecular formula is C13H14BrNS2. The van der Waals surface area contributed by atoms with E-state index < -0.39 is 0 Å². The first kappa shape index (κ1) is 11.9. The summed E-state index contributed by atoms with van der Waals surface area (Å²) in [5.74, 6) is 0. The standard InChI is InChI=1S/C13H14BrNS2/c1-7-9(14)6-12(16-7)13(15)11-5-8-3-2-4-10(8)17-11/h5-6,13H,2-4,15H2,1H3. The molecule has 0 amide bonds. The van der Waals surface area contributed by atoms with Crippen LogP contribution in [0.3, 0.4) is 0 Å². The van der Waals surface area contributed by atoms with Crippen LogP contribution in [0.4, 0.5) is 0 Å². The van der Waals surface area contributed by atoms with Crippen LogP contribution >= 0.6 is 38.6 Å². The molecule has 0 bridgehead atoms. The first-order chi connectivity index (χ1) is 8.15. The van der Waals surface area contributed by atoms with E-state index in [1.165, 1.54) is 43.9 Å². The second-order valence-electron chi connectivity index (χ2n) is 4.48. The van der Waals surface area contributed by atoms with Gasteiger partial charge in [0, 0.05) is 24.0 Å². The van der Waals surface area contributed by atoms with E-state index >= 15 is 0 Å². The second-order valence-corrected chi connectivity index (χ2v) is 7.79. The smallest absolute Gasteiger partial charge is 0.0740 e. The number of hydrogen-bond acceptors (Lipinski definition) is 3. The molecule has 0 fully saturated rings. The fourth-order valence-corrected chi connectivity index (χ4v) is 5.21. The molecule has 1 aliphatic rings. The molecule has 2 aromatic heterocycles. The van der Waals surface area contributed by atoms with Crippen LogP contribution in [0.25, 0.3) is 0 Å². The van der Waals surface area contributed by atoms with Gasteiger partial charge >= 0.3 is 0 Å². The zero-order valence-corrected chi connectivity index (χ0v) is 12.8. The molecule has 0 radical (unpaired) electrons. The molecule has 17 heavy (non-hydrogen) atoms. The van der Waals surface area contributed by atoms with E-state index in [4.69, 9.17) is 5.73 Å². The van der Waals surface area contributed by atoms with Gasteiger partial charge in [-0.05, 0) is 59.8 Å². The minimum atomic E-state index is 0.0561. The quantitative estimate of drug-likeness (QED) is 0.868. The number of nitrogens with two attached hydrogens (primary N) is 1. The topological polar surface area (TPSA) is 26.0 Å². The average molecular weight is 328 g/mol. The zero-order chi connectivity index (χ0) is 12.0. The summed E-state index contributed by atoms with van der Waals surface area (Å²) >= 11 is 7.26. The zero-order valence-electron chi connectivity index (χ0n) is 9.63. The Morgan fingerprint density at radius 3 is 2.65 bits per heavy atom. The van der Waals surface area contributed by atoms with Crippen LogP contribution in [0, 0.1) is 6.92 Å². The van der Waals surface area contributed by atoms with Crippen molar-refractivity contribution in [1.82, 2.24) is 0 Å². The summed E-state index contributed by atoms with van der Waals surface area (Å²) < 4.78 is 1.18. The number of fused-ring (bicyclic) bond motifs is 1. The summed E-state index contributed by atoms with van der Waals surface area (Å²) in [5, 5.41) is 0. The highest BCUT2D eigenvalue weighted by Gasteiger charge is 2.20. The molecule has 0 saturated carbocycles. The SMILES string of the molecule is Cc1sc(C(N)c2cc3c(s2)CCC3)cc1Br. The molecule has 0 saturated heterocycles. The van der Waals surface area contributed by atoms with Gasteiger partial charge in [0.2, 0.25) is 0 Å². The van der Waals surface area contributed by atoms with E-state index in [-0.39, 0.29) is 6.04 Å². The molecule has 2 aromatic rings. The predicted molar refractivity (Wildman–Crippen MR) is 79.1 cm³/mol. The fraction of sp³-hybridized carbons (Fsp3) is 0.385. The lowest BCUT2D eigenvalue weighted by atomic mass is 10.2. The van der Waals surface area contributed by atoms with Gasteiger partial charge in [-0.25, -0.2) is 0 Å². The molecular weight excluding hydrogens is 314 g/mol. The lowest BCUT2D eigenvalue weighted by Gasteiger charge is -2.06. The monoisotopic (exact) mass is 327 g/mol. The average Bonchev–Trinajstić information content (AvgIpc) is 2.92. The van der Waals surface area contributed by atoms with E-state index in [0.717, 1.165) is 0 Å². The molecule has 1 nitrogen and oxygen atoms in total. The summed E-state index contributed by atoms with van der Waals surface area (Å²) in [6, 6.07) is 4.54. The third-order valence-electron chi connectivity index (χ3n) is 3.25. The molecule has 0 aromatic carbocycles. The normalized spacial score (nSPS) is 16.2. The van der Waals surface area contributed by atoms with Crippen molar-refractivity contribution in [1.29, 1.82) is 0 Å². The van der Waals surface area contributed by atoms with Gasteiger partial charge in [0.15, 0.2) is 0 Å². The number of thiophene rings is 2. The third kappa shape index (κ3) is 2.12. The van der Waals surface area contributed by atoms with E-state index in [1.54, 1.807) is 16.2 Å². The van der Waals surface area contributed by atoms with Crippen LogP contribution in [0.15, 0.2) is 16.6 Å². The van der Waals surface area contributed by atoms with Crippen LogP contribution in [0.5, 0.6) is 0 Å². The molecule has 90 valence electrons. The summed E-state index contributed by atoms with van der Waals surface area (Å²) in [5.41, 5.74) is 7.89. The Kier molecular flexibility index (Phi) is 3.15. The summed E-state index contributed by atoms with van der Waals surface area (Å²) in [7, 11) is 0. The van der Waals surface area contributed by atoms with Gasteiger partial charge in [0.25, 0.3) is 0 Å². The van der Waals surface area contributed by atoms with Gasteiger partial charge in [-0.15, -0.1) is 22.7 Å². The third-order valence-corrected chi connectivity index (χ3v) is 6.79. The number of aryl methyl sites for hydroxylation is 3. The van der Waals surface area contributed by atoms with Crippen LogP contribution < -0.4 is 5.73 Å². The van der Waals surface area contributed by atoms with Gasteiger partial charge in [-0.1, -0.05) is 0 Å². The van der Waals surface area contributed by atoms with Crippen molar-refractivity contribution >= 4 is 38.6 Å². The second kappa shape index (κ2) is 4.50. The summed E-state index contributed by atoms with van der Waals surface area (Å²) in [6.45, 7) is 2.12. The molecule has 1 unspecified atom stereocenters. The highest BCUT2D eigenvalue weighted by molar-refractivity contribution is 9.10. The van der Waals surface area contributed by atoms with Gasteiger partial charge in [0.1, 0.15) is 0 Å². The molecule has 2 N–H and O–H groups in total. The van der Waals surface area contributed by atoms with Crippen molar-refractivity contribution in [2.24, 2.45) is 5.73 Å². The van der Waals surface area contributed by atoms with Crippen molar-refractivity contribution in [2.45, 2.75) is 32.2 Å². The van der Waals surface area contributed by atoms with E-state index in [0.29, 0.717) is 0 Å². The van der Waals surface area contributed by atoms with Gasteiger partial charge in [-0.3, -0.25) is 0 Å². The minimum absolute atomic E-state index is 0.0561. The Morgan fingerprint density at radius 2 is 2.00 bits per heavy atom. The highest BCUT2D eigenvalue weighted by Crippen LogP contribution is 2.38. The lowest BCUT2D eigenvalue weighted by molar-refractivity contribution is 0.895. The first-order valence-electron chi connectivity index (χ1n) is 5.78. The fourth-order valence-electron chi connectivity index (χ4n) is 2.28.